The highest BCUT2D eigenvalue weighted by Crippen LogP contribution is 2.41. The highest BCUT2D eigenvalue weighted by atomic mass is 35.5. The molecule has 3 heterocycles. The van der Waals surface area contributed by atoms with Crippen molar-refractivity contribution >= 4 is 41.8 Å². The quantitative estimate of drug-likeness (QED) is 0.716. The molecular formula is C20H30Cl2N4O2. The Hall–Kier alpha value is -1.34. The fourth-order valence-electron chi connectivity index (χ4n) is 4.33. The van der Waals surface area contributed by atoms with Gasteiger partial charge in [0, 0.05) is 25.9 Å². The minimum atomic E-state index is -0.229. The number of imidazole rings is 1. The van der Waals surface area contributed by atoms with Crippen molar-refractivity contribution in [2.75, 3.05) is 33.2 Å². The van der Waals surface area contributed by atoms with Crippen LogP contribution in [0.2, 0.25) is 0 Å². The number of H-pyrrole nitrogens is 1. The number of aromatic amines is 1. The fraction of sp³-hybridized carbons (Fsp3) is 0.600. The number of carbonyl (C=O) groups is 1. The van der Waals surface area contributed by atoms with Gasteiger partial charge in [-0.15, -0.1) is 24.8 Å². The van der Waals surface area contributed by atoms with Crippen LogP contribution in [0.3, 0.4) is 0 Å². The van der Waals surface area contributed by atoms with Gasteiger partial charge in [-0.1, -0.05) is 12.1 Å². The number of esters is 1. The van der Waals surface area contributed by atoms with Crippen LogP contribution in [-0.4, -0.2) is 60.2 Å². The molecule has 2 saturated heterocycles. The molecule has 1 aromatic carbocycles. The minimum Gasteiger partial charge on any atom is -0.461 e. The molecule has 1 atom stereocenters. The molecule has 1 spiro atoms. The van der Waals surface area contributed by atoms with Gasteiger partial charge in [0.15, 0.2) is 0 Å². The van der Waals surface area contributed by atoms with Gasteiger partial charge in [0.25, 0.3) is 0 Å². The number of ether oxygens (including phenoxy) is 1. The van der Waals surface area contributed by atoms with Crippen molar-refractivity contribution in [1.29, 1.82) is 0 Å². The number of nitrogens with one attached hydrogen (secondary N) is 2. The van der Waals surface area contributed by atoms with Crippen molar-refractivity contribution in [2.24, 2.45) is 5.41 Å². The van der Waals surface area contributed by atoms with E-state index in [-0.39, 0.29) is 42.3 Å². The first-order chi connectivity index (χ1) is 12.6. The van der Waals surface area contributed by atoms with Crippen LogP contribution in [0.1, 0.15) is 30.7 Å². The van der Waals surface area contributed by atoms with Crippen LogP contribution in [-0.2, 0) is 16.0 Å². The summed E-state index contributed by atoms with van der Waals surface area (Å²) in [4.78, 5) is 22.7. The third-order valence-electron chi connectivity index (χ3n) is 5.89. The summed E-state index contributed by atoms with van der Waals surface area (Å²) >= 11 is 0. The molecule has 28 heavy (non-hydrogen) atoms. The molecular weight excluding hydrogens is 399 g/mol. The number of rotatable bonds is 5. The molecule has 2 aromatic rings. The van der Waals surface area contributed by atoms with E-state index in [2.05, 4.69) is 47.4 Å². The summed E-state index contributed by atoms with van der Waals surface area (Å²) in [6, 6.07) is 6.21. The first kappa shape index (κ1) is 22.9. The van der Waals surface area contributed by atoms with E-state index in [4.69, 9.17) is 9.72 Å². The maximum atomic E-state index is 12.4. The molecule has 6 nitrogen and oxygen atoms in total. The van der Waals surface area contributed by atoms with E-state index in [0.717, 1.165) is 68.7 Å². The molecule has 2 fully saturated rings. The number of aryl methyl sites for hydroxylation is 1. The summed E-state index contributed by atoms with van der Waals surface area (Å²) in [5.74, 6) is 1.03. The van der Waals surface area contributed by atoms with Crippen LogP contribution >= 0.6 is 24.8 Å². The van der Waals surface area contributed by atoms with Gasteiger partial charge in [0.05, 0.1) is 16.4 Å². The van der Waals surface area contributed by atoms with Crippen LogP contribution in [0, 0.1) is 12.3 Å². The number of cyclic esters (lactones) is 1. The van der Waals surface area contributed by atoms with E-state index >= 15 is 0 Å². The summed E-state index contributed by atoms with van der Waals surface area (Å²) in [5.41, 5.74) is 3.12. The Bertz CT molecular complexity index is 805. The molecule has 1 unspecified atom stereocenters. The van der Waals surface area contributed by atoms with E-state index in [9.17, 15) is 4.79 Å². The maximum absolute atomic E-state index is 12.4. The SMILES string of the molecule is Cc1cccc2[nH]c(CCN(C)CC3CC4(CCNCC4)C(=O)O3)nc12.Cl.Cl. The van der Waals surface area contributed by atoms with Crippen LogP contribution < -0.4 is 5.32 Å². The summed E-state index contributed by atoms with van der Waals surface area (Å²) in [7, 11) is 2.09. The molecule has 4 rings (SSSR count). The topological polar surface area (TPSA) is 70.2 Å². The number of likely N-dealkylation sites (N-methyl/N-ethyl adjacent to an activating group) is 1. The van der Waals surface area contributed by atoms with Crippen molar-refractivity contribution in [3.8, 4) is 0 Å². The number of fused-ring (bicyclic) bond motifs is 1. The van der Waals surface area contributed by atoms with Gasteiger partial charge < -0.3 is 19.9 Å². The monoisotopic (exact) mass is 428 g/mol. The molecule has 1 aromatic heterocycles. The number of piperidine rings is 1. The molecule has 0 aliphatic carbocycles. The third kappa shape index (κ3) is 4.62. The normalized spacial score (nSPS) is 20.8. The van der Waals surface area contributed by atoms with Gasteiger partial charge in [0.2, 0.25) is 0 Å². The predicted octanol–water partition coefficient (Wildman–Crippen LogP) is 2.87. The van der Waals surface area contributed by atoms with Crippen LogP contribution in [0.25, 0.3) is 11.0 Å². The van der Waals surface area contributed by atoms with Crippen LogP contribution in [0.4, 0.5) is 0 Å². The summed E-state index contributed by atoms with van der Waals surface area (Å²) in [6.45, 7) is 5.61. The van der Waals surface area contributed by atoms with Crippen LogP contribution in [0.5, 0.6) is 0 Å². The zero-order valence-electron chi connectivity index (χ0n) is 16.5. The second-order valence-corrected chi connectivity index (χ2v) is 7.93. The Morgan fingerprint density at radius 1 is 1.29 bits per heavy atom. The minimum absolute atomic E-state index is 0. The standard InChI is InChI=1S/C20H28N4O2.2ClH/c1-14-4-3-5-16-18(14)23-17(22-16)6-11-24(2)13-15-12-20(19(25)26-15)7-9-21-10-8-20;;/h3-5,15,21H,6-13H2,1-2H3,(H,22,23);2*1H. The molecule has 156 valence electrons. The van der Waals surface area contributed by atoms with Crippen molar-refractivity contribution in [1.82, 2.24) is 20.2 Å². The maximum Gasteiger partial charge on any atom is 0.312 e. The average Bonchev–Trinajstić information content (AvgIpc) is 3.16. The molecule has 2 N–H and O–H groups in total. The van der Waals surface area contributed by atoms with Crippen molar-refractivity contribution < 1.29 is 9.53 Å². The van der Waals surface area contributed by atoms with Gasteiger partial charge in [-0.25, -0.2) is 4.98 Å². The van der Waals surface area contributed by atoms with Gasteiger partial charge >= 0.3 is 5.97 Å². The Morgan fingerprint density at radius 2 is 2.04 bits per heavy atom. The molecule has 8 heteroatoms. The largest absolute Gasteiger partial charge is 0.461 e. The van der Waals surface area contributed by atoms with E-state index < -0.39 is 0 Å². The van der Waals surface area contributed by atoms with E-state index in [1.807, 2.05) is 0 Å². The molecule has 0 amide bonds. The van der Waals surface area contributed by atoms with Crippen molar-refractivity contribution in [2.45, 2.75) is 38.7 Å². The second-order valence-electron chi connectivity index (χ2n) is 7.93. The second kappa shape index (κ2) is 9.44. The van der Waals surface area contributed by atoms with E-state index in [1.54, 1.807) is 0 Å². The van der Waals surface area contributed by atoms with Crippen molar-refractivity contribution in [3.05, 3.63) is 29.6 Å². The highest BCUT2D eigenvalue weighted by Gasteiger charge is 2.49. The molecule has 2 aliphatic heterocycles. The lowest BCUT2D eigenvalue weighted by Crippen LogP contribution is -2.39. The Kier molecular flexibility index (Phi) is 7.73. The van der Waals surface area contributed by atoms with Gasteiger partial charge in [0.1, 0.15) is 11.9 Å². The number of nitrogens with zero attached hydrogens (tertiary/aromatic N) is 2. The lowest BCUT2D eigenvalue weighted by atomic mass is 9.76. The number of hydrogen-bond acceptors (Lipinski definition) is 5. The Balaban J connectivity index is 0.00000140. The predicted molar refractivity (Wildman–Crippen MR) is 116 cm³/mol. The van der Waals surface area contributed by atoms with Crippen molar-refractivity contribution in [3.63, 3.8) is 0 Å². The first-order valence-electron chi connectivity index (χ1n) is 9.60. The molecule has 0 bridgehead atoms. The zero-order chi connectivity index (χ0) is 18.1. The Labute approximate surface area is 178 Å². The number of para-hydroxylation sites is 1. The number of hydrogen-bond donors (Lipinski definition) is 2. The highest BCUT2D eigenvalue weighted by molar-refractivity contribution is 5.85. The lowest BCUT2D eigenvalue weighted by Gasteiger charge is -2.29. The average molecular weight is 429 g/mol. The fourth-order valence-corrected chi connectivity index (χ4v) is 4.33. The number of carbonyl (C=O) groups excluding carboxylic acids is 1. The first-order valence-corrected chi connectivity index (χ1v) is 9.60. The number of benzene rings is 1. The molecule has 0 radical (unpaired) electrons. The lowest BCUT2D eigenvalue weighted by molar-refractivity contribution is -0.150. The molecule has 0 saturated carbocycles. The Morgan fingerprint density at radius 3 is 2.75 bits per heavy atom. The summed E-state index contributed by atoms with van der Waals surface area (Å²) in [5, 5.41) is 3.34. The number of aromatic nitrogens is 2. The zero-order valence-corrected chi connectivity index (χ0v) is 18.1. The smallest absolute Gasteiger partial charge is 0.312 e. The third-order valence-corrected chi connectivity index (χ3v) is 5.89. The molecule has 2 aliphatic rings. The van der Waals surface area contributed by atoms with Gasteiger partial charge in [-0.3, -0.25) is 4.79 Å². The van der Waals surface area contributed by atoms with Crippen LogP contribution in [0.15, 0.2) is 18.2 Å². The summed E-state index contributed by atoms with van der Waals surface area (Å²) in [6.07, 6.45) is 3.56. The van der Waals surface area contributed by atoms with E-state index in [1.165, 1.54) is 5.56 Å². The number of halogens is 2. The van der Waals surface area contributed by atoms with Gasteiger partial charge in [-0.05, 0) is 51.5 Å². The van der Waals surface area contributed by atoms with Gasteiger partial charge in [-0.2, -0.15) is 0 Å². The van der Waals surface area contributed by atoms with E-state index in [0.29, 0.717) is 0 Å². The summed E-state index contributed by atoms with van der Waals surface area (Å²) < 4.78 is 5.71.